The Morgan fingerprint density at radius 1 is 0.450 bits per heavy atom. The minimum absolute atomic E-state index is 0.00222. The molecule has 3 saturated carbocycles. The second kappa shape index (κ2) is 33.5. The largest absolute Gasteiger partial charge is 0.508 e. The zero-order valence-corrected chi connectivity index (χ0v) is 62.9. The number of carbonyl (C=O) groups excluding carboxylic acids is 9. The number of fused-ring (bicyclic) bond motifs is 6. The number of likely N-dealkylation sites (tertiary alicyclic amines) is 3. The van der Waals surface area contributed by atoms with E-state index in [1.807, 2.05) is 0 Å². The standard InChI is InChI=1S/C28H29ClFN3O4.C27H28ClFN4O4.C26H27ClFN5O4/c1-16(34)21-14-32(24-12-19(35)9-10-20(21)24)15-26(36)33-23-8-3-2-5-17(23)11-25(33)28(37)31-13-18-6-4-7-22(29)27(18)30;28-20-6-3-5-16(25(20)29)12-31-27(37)23-10-15-4-1-2-7-21(15)33(23)24(35)14-32-13-19(26(30)36)18-9-8-17(34)11-22(18)32;27-18-6-3-5-15(23(18)28)12-30-26(37)21-10-14-4-1-2-7-19(14)33(21)22(35)13-32-20-11-16(34)8-9-17(20)24(31-32)25(29)36/h4,6-7,9-10,12,14,17,23,25,35H,2-3,5,8,11,13,15H2,1H3,(H,31,37);3,5-6,8-9,11,13,15,21,23,34H,1-2,4,7,10,12,14H2,(H2,30,36)(H,31,37);3,5-6,8-9,11,14,19,21,34H,1-2,4,7,10,12-13H2,(H2,29,36)(H,30,37)/t17-,23-,25+;15-,21-,23+;14-,19-,21+/m111/s1. The van der Waals surface area contributed by atoms with Crippen molar-refractivity contribution >= 4 is 121 Å². The number of hydrogen-bond donors (Lipinski definition) is 8. The molecule has 15 rings (SSSR count). The molecule has 3 aliphatic carbocycles. The van der Waals surface area contributed by atoms with E-state index < -0.39 is 47.4 Å². The van der Waals surface area contributed by atoms with E-state index in [0.717, 1.165) is 77.0 Å². The van der Waals surface area contributed by atoms with Crippen molar-refractivity contribution in [2.45, 2.75) is 179 Å². The Labute approximate surface area is 651 Å². The molecule has 6 heterocycles. The zero-order chi connectivity index (χ0) is 78.8. The van der Waals surface area contributed by atoms with Gasteiger partial charge in [0, 0.05) is 107 Å². The first-order chi connectivity index (χ1) is 53.2. The predicted molar refractivity (Wildman–Crippen MR) is 408 cm³/mol. The highest BCUT2D eigenvalue weighted by Gasteiger charge is 2.50. The number of carbonyl (C=O) groups is 9. The molecule has 6 fully saturated rings. The Kier molecular flexibility index (Phi) is 23.7. The van der Waals surface area contributed by atoms with Gasteiger partial charge in [0.2, 0.25) is 35.4 Å². The van der Waals surface area contributed by atoms with E-state index in [9.17, 15) is 71.6 Å². The third kappa shape index (κ3) is 16.6. The van der Waals surface area contributed by atoms with Gasteiger partial charge in [0.25, 0.3) is 11.8 Å². The summed E-state index contributed by atoms with van der Waals surface area (Å²) in [5.74, 6) is -4.47. The van der Waals surface area contributed by atoms with Gasteiger partial charge in [-0.15, -0.1) is 0 Å². The number of amides is 8. The van der Waals surface area contributed by atoms with Gasteiger partial charge >= 0.3 is 0 Å². The SMILES string of the molecule is CC(=O)c1cn(CC(=O)N2[C@@H]3CCCC[C@@H]3C[C@H]2C(=O)NCc2cccc(Cl)c2F)c2cc(O)ccc12.NC(=O)c1cn(CC(=O)N2[C@@H]3CCCC[C@@H]3C[C@H]2C(=O)NCc2cccc(Cl)c2F)c2cc(O)ccc12.NC(=O)c1nn(CC(=O)N2[C@@H]3CCCC[C@@H]3C[C@H]2C(=O)NCc2cccc(Cl)c2F)c2cc(O)ccc12. The number of aromatic nitrogens is 4. The van der Waals surface area contributed by atoms with Crippen molar-refractivity contribution in [3.63, 3.8) is 0 Å². The lowest BCUT2D eigenvalue weighted by atomic mass is 9.84. The van der Waals surface area contributed by atoms with Crippen molar-refractivity contribution in [1.29, 1.82) is 0 Å². The van der Waals surface area contributed by atoms with Crippen LogP contribution < -0.4 is 27.4 Å². The summed E-state index contributed by atoms with van der Waals surface area (Å²) in [4.78, 5) is 122. The number of rotatable bonds is 18. The number of hydrogen-bond acceptors (Lipinski definition) is 13. The van der Waals surface area contributed by atoms with Crippen LogP contribution in [0.3, 0.4) is 0 Å². The van der Waals surface area contributed by atoms with Gasteiger partial charge in [0.1, 0.15) is 72.5 Å². The number of primary amides is 2. The van der Waals surface area contributed by atoms with Crippen molar-refractivity contribution < 1.29 is 71.6 Å². The van der Waals surface area contributed by atoms with Crippen LogP contribution in [0, 0.1) is 35.2 Å². The van der Waals surface area contributed by atoms with E-state index in [1.54, 1.807) is 78.6 Å². The number of nitrogens with one attached hydrogen (secondary N) is 3. The van der Waals surface area contributed by atoms with Gasteiger partial charge in [-0.2, -0.15) is 5.10 Å². The van der Waals surface area contributed by atoms with Crippen LogP contribution in [0.2, 0.25) is 15.1 Å². The van der Waals surface area contributed by atoms with Gasteiger partial charge in [-0.3, -0.25) is 47.8 Å². The number of nitrogens with zero attached hydrogens (tertiary/aromatic N) is 7. The van der Waals surface area contributed by atoms with E-state index in [0.29, 0.717) is 57.5 Å². The number of nitrogens with two attached hydrogens (primary N) is 2. The van der Waals surface area contributed by atoms with Crippen molar-refractivity contribution in [1.82, 2.24) is 49.6 Å². The van der Waals surface area contributed by atoms with Crippen LogP contribution in [0.15, 0.2) is 122 Å². The molecule has 0 bridgehead atoms. The normalized spacial score (nSPS) is 21.1. The summed E-state index contributed by atoms with van der Waals surface area (Å²) in [7, 11) is 0. The summed E-state index contributed by atoms with van der Waals surface area (Å²) in [6, 6.07) is 25.2. The Bertz CT molecular complexity index is 4670. The van der Waals surface area contributed by atoms with Crippen LogP contribution >= 0.6 is 34.8 Å². The second-order valence-electron chi connectivity index (χ2n) is 29.5. The highest BCUT2D eigenvalue weighted by Crippen LogP contribution is 2.44. The number of halogens is 6. The summed E-state index contributed by atoms with van der Waals surface area (Å²) < 4.78 is 47.6. The molecule has 10 N–H and O–H groups in total. The summed E-state index contributed by atoms with van der Waals surface area (Å²) in [5, 5.41) is 44.2. The monoisotopic (exact) mass is 1580 g/mol. The molecule has 582 valence electrons. The van der Waals surface area contributed by atoms with Gasteiger partial charge in [0.05, 0.1) is 37.2 Å². The van der Waals surface area contributed by atoms with Crippen LogP contribution in [0.1, 0.15) is 151 Å². The van der Waals surface area contributed by atoms with E-state index in [-0.39, 0.29) is 177 Å². The third-order valence-corrected chi connectivity index (χ3v) is 23.6. The fourth-order valence-electron chi connectivity index (χ4n) is 17.5. The smallest absolute Gasteiger partial charge is 0.269 e. The molecular formula is C81H84Cl3F3N12O12. The number of ketones is 1. The lowest BCUT2D eigenvalue weighted by Crippen LogP contribution is -2.50. The first-order valence-corrected chi connectivity index (χ1v) is 38.4. The maximum Gasteiger partial charge on any atom is 0.269 e. The summed E-state index contributed by atoms with van der Waals surface area (Å²) in [6.07, 6.45) is 16.1. The highest BCUT2D eigenvalue weighted by molar-refractivity contribution is 6.31. The van der Waals surface area contributed by atoms with Crippen LogP contribution in [-0.2, 0) is 68.0 Å². The summed E-state index contributed by atoms with van der Waals surface area (Å²) in [6.45, 7) is 0.925. The minimum atomic E-state index is -0.749. The quantitative estimate of drug-likeness (QED) is 0.0371. The second-order valence-corrected chi connectivity index (χ2v) is 30.7. The maximum atomic E-state index is 14.3. The number of phenols is 3. The Hall–Kier alpha value is -10.6. The predicted octanol–water partition coefficient (Wildman–Crippen LogP) is 11.6. The first-order valence-electron chi connectivity index (χ1n) is 37.2. The number of Topliss-reactive ketones (excluding diaryl/α,β-unsaturated/α-hetero) is 1. The van der Waals surface area contributed by atoms with E-state index >= 15 is 0 Å². The van der Waals surface area contributed by atoms with Gasteiger partial charge in [-0.25, -0.2) is 13.2 Å². The van der Waals surface area contributed by atoms with Gasteiger partial charge in [-0.05, 0) is 137 Å². The van der Waals surface area contributed by atoms with Crippen molar-refractivity contribution in [3.8, 4) is 17.2 Å². The molecule has 111 heavy (non-hydrogen) atoms. The van der Waals surface area contributed by atoms with Gasteiger partial charge in [-0.1, -0.05) is 110 Å². The molecule has 0 radical (unpaired) electrons. The van der Waals surface area contributed by atoms with Crippen LogP contribution in [-0.4, -0.2) is 138 Å². The third-order valence-electron chi connectivity index (χ3n) is 22.7. The van der Waals surface area contributed by atoms with E-state index in [4.69, 9.17) is 46.3 Å². The molecule has 3 aromatic heterocycles. The van der Waals surface area contributed by atoms with E-state index in [2.05, 4.69) is 21.0 Å². The van der Waals surface area contributed by atoms with Crippen molar-refractivity contribution in [2.75, 3.05) is 0 Å². The molecule has 9 aromatic rings. The Morgan fingerprint density at radius 2 is 0.793 bits per heavy atom. The molecule has 9 atom stereocenters. The molecule has 6 aromatic carbocycles. The lowest BCUT2D eigenvalue weighted by Gasteiger charge is -2.34. The molecular weight excluding hydrogens is 1500 g/mol. The molecule has 3 saturated heterocycles. The average molecular weight is 1580 g/mol. The maximum absolute atomic E-state index is 14.3. The summed E-state index contributed by atoms with van der Waals surface area (Å²) in [5.41, 5.74) is 14.0. The topological polar surface area (TPSA) is 340 Å². The molecule has 8 amide bonds. The van der Waals surface area contributed by atoms with Crippen molar-refractivity contribution in [2.24, 2.45) is 29.2 Å². The Balaban J connectivity index is 0.000000146. The molecule has 24 nitrogen and oxygen atoms in total. The molecule has 6 aliphatic rings. The van der Waals surface area contributed by atoms with Gasteiger partial charge in [0.15, 0.2) is 11.5 Å². The van der Waals surface area contributed by atoms with Crippen LogP contribution in [0.25, 0.3) is 32.7 Å². The lowest BCUT2D eigenvalue weighted by molar-refractivity contribution is -0.141. The fraction of sp³-hybridized carbons (Fsp3) is 0.383. The highest BCUT2D eigenvalue weighted by atomic mass is 35.5. The number of benzene rings is 6. The van der Waals surface area contributed by atoms with Crippen LogP contribution in [0.4, 0.5) is 13.2 Å². The fourth-order valence-corrected chi connectivity index (χ4v) is 18.1. The average Bonchev–Trinajstić information content (AvgIpc) is 1.63. The summed E-state index contributed by atoms with van der Waals surface area (Å²) >= 11 is 17.6. The van der Waals surface area contributed by atoms with Gasteiger partial charge < -0.3 is 66.6 Å². The molecule has 0 unspecified atom stereocenters. The first kappa shape index (κ1) is 78.5. The van der Waals surface area contributed by atoms with Crippen molar-refractivity contribution in [3.05, 3.63) is 188 Å². The Morgan fingerprint density at radius 3 is 1.16 bits per heavy atom. The zero-order valence-electron chi connectivity index (χ0n) is 60.7. The number of aromatic hydroxyl groups is 3. The molecule has 3 aliphatic heterocycles. The molecule has 30 heteroatoms. The minimum Gasteiger partial charge on any atom is -0.508 e. The van der Waals surface area contributed by atoms with E-state index in [1.165, 1.54) is 78.5 Å². The molecule has 0 spiro atoms. The number of phenolic OH excluding ortho intramolecular Hbond substituents is 3. The van der Waals surface area contributed by atoms with Crippen LogP contribution in [0.5, 0.6) is 17.2 Å².